The van der Waals surface area contributed by atoms with Gasteiger partial charge in [0.05, 0.1) is 11.1 Å². The maximum Gasteiger partial charge on any atom is 0.260 e. The number of aromatic nitrogens is 8. The molecule has 2 unspecified atom stereocenters. The maximum absolute atomic E-state index is 6.55. The van der Waals surface area contributed by atoms with Crippen LogP contribution in [0.15, 0.2) is 94.5 Å². The zero-order valence-corrected chi connectivity index (χ0v) is 67.4. The maximum atomic E-state index is 6.55. The molecule has 10 aromatic heterocycles. The summed E-state index contributed by atoms with van der Waals surface area (Å²) in [4.78, 5) is 1.45. The number of aryl methyl sites for hydroxylation is 12. The molecule has 2 aromatic carbocycles. The van der Waals surface area contributed by atoms with Crippen LogP contribution in [0.4, 0.5) is 0 Å². The van der Waals surface area contributed by atoms with Gasteiger partial charge in [-0.15, -0.1) is 11.3 Å². The number of hydrogen-bond acceptors (Lipinski definition) is 3. The van der Waals surface area contributed by atoms with Gasteiger partial charge in [0.25, 0.3) is 23.3 Å². The van der Waals surface area contributed by atoms with Crippen LogP contribution < -0.4 is 18.3 Å². The molecule has 0 radical (unpaired) electrons. The standard InChI is InChI=1S/C30H33N2.C23H27N2O.C19H23N2O.C19H23N2S/c1-16-17(2)19(4)31-20(5)32-28(27(31)18(16)3)23-15-25-22(14-26(23)30(32,8)9)21-12-10-11-13-24(21)29(25,6)7;1-12-13(2)15(4)24-16(5)25-21(20(24)14(12)3)22-19(23(25,6)7)17-10-8-9-11-18(17)26-22;2*1-10-11(2)13(4)20-14(5)21-17(16(20)12(10)3)18-15(8-9-22-18)19(21,6)7/h10-15H,1-9H3;8-11,17-18H,1-7H3;2*8-9H,1-7H3/q4*+1. The monoisotopic (exact) mass is 1370 g/mol. The average molecular weight is 1380 g/mol. The molecule has 2 aliphatic carbocycles. The second-order valence-electron chi connectivity index (χ2n) is 33.8. The predicted molar refractivity (Wildman–Crippen MR) is 417 cm³/mol. The van der Waals surface area contributed by atoms with Crippen LogP contribution in [0.3, 0.4) is 0 Å². The van der Waals surface area contributed by atoms with Crippen LogP contribution in [-0.4, -0.2) is 23.7 Å². The zero-order valence-electron chi connectivity index (χ0n) is 66.5. The number of pyridine rings is 4. The number of thiophene rings is 1. The van der Waals surface area contributed by atoms with E-state index in [1.165, 1.54) is 213 Å². The number of imidazole rings is 4. The molecule has 11 heteroatoms. The highest BCUT2D eigenvalue weighted by atomic mass is 32.1. The summed E-state index contributed by atoms with van der Waals surface area (Å²) >= 11 is 1.88. The number of benzene rings is 2. The smallest absolute Gasteiger partial charge is 0.260 e. The van der Waals surface area contributed by atoms with Crippen molar-refractivity contribution in [3.63, 3.8) is 0 Å². The van der Waals surface area contributed by atoms with Crippen molar-refractivity contribution in [3.8, 4) is 44.4 Å². The fourth-order valence-corrected chi connectivity index (χ4v) is 21.9. The first-order valence-electron chi connectivity index (χ1n) is 37.2. The summed E-state index contributed by atoms with van der Waals surface area (Å²) in [6, 6.07) is 18.4. The molecule has 2 atom stereocenters. The summed E-state index contributed by atoms with van der Waals surface area (Å²) in [5.74, 6) is 7.69. The van der Waals surface area contributed by atoms with Crippen LogP contribution in [0.5, 0.6) is 0 Å². The van der Waals surface area contributed by atoms with E-state index in [0.717, 1.165) is 11.5 Å². The van der Waals surface area contributed by atoms with Gasteiger partial charge in [0.15, 0.2) is 45.0 Å². The topological polar surface area (TPSA) is 55.5 Å². The van der Waals surface area contributed by atoms with Crippen molar-refractivity contribution in [2.45, 2.75) is 241 Å². The highest BCUT2D eigenvalue weighted by Crippen LogP contribution is 2.56. The molecule has 0 saturated carbocycles. The largest absolute Gasteiger partial charge is 0.481 e. The molecule has 10 nitrogen and oxygen atoms in total. The van der Waals surface area contributed by atoms with Gasteiger partial charge in [-0.3, -0.25) is 0 Å². The Morgan fingerprint density at radius 1 is 0.373 bits per heavy atom. The van der Waals surface area contributed by atoms with E-state index in [9.17, 15) is 0 Å². The third kappa shape index (κ3) is 8.18. The first-order valence-corrected chi connectivity index (χ1v) is 38.1. The fourth-order valence-electron chi connectivity index (χ4n) is 20.8. The number of rotatable bonds is 0. The van der Waals surface area contributed by atoms with Gasteiger partial charge in [-0.2, -0.15) is 17.6 Å². The lowest BCUT2D eigenvalue weighted by molar-refractivity contribution is -0.750. The van der Waals surface area contributed by atoms with E-state index < -0.39 is 0 Å². The van der Waals surface area contributed by atoms with Gasteiger partial charge in [0.2, 0.25) is 11.4 Å². The Balaban J connectivity index is 0.000000107. The average Bonchev–Trinajstić information content (AvgIpc) is 1.54. The number of ether oxygens (including phenoxy) is 1. The summed E-state index contributed by atoms with van der Waals surface area (Å²) < 4.78 is 32.3. The van der Waals surface area contributed by atoms with Crippen LogP contribution in [0.2, 0.25) is 0 Å². The molecule has 15 heterocycles. The highest BCUT2D eigenvalue weighted by Gasteiger charge is 2.57. The minimum Gasteiger partial charge on any atom is -0.481 e. The van der Waals surface area contributed by atoms with Gasteiger partial charge in [0.1, 0.15) is 51.0 Å². The number of nitrogens with zero attached hydrogens (tertiary/aromatic N) is 8. The Morgan fingerprint density at radius 2 is 0.794 bits per heavy atom. The Hall–Kier alpha value is -8.80. The van der Waals surface area contributed by atoms with E-state index in [1.54, 1.807) is 0 Å². The molecule has 7 aliphatic rings. The molecule has 5 aliphatic heterocycles. The summed E-state index contributed by atoms with van der Waals surface area (Å²) in [6.45, 7) is 68.4. The lowest BCUT2D eigenvalue weighted by atomic mass is 9.80. The van der Waals surface area contributed by atoms with E-state index in [0.29, 0.717) is 5.92 Å². The highest BCUT2D eigenvalue weighted by molar-refractivity contribution is 7.13. The van der Waals surface area contributed by atoms with Crippen molar-refractivity contribution in [3.05, 3.63) is 236 Å². The van der Waals surface area contributed by atoms with Crippen molar-refractivity contribution in [2.75, 3.05) is 0 Å². The molecule has 524 valence electrons. The first-order chi connectivity index (χ1) is 47.8. The third-order valence-corrected chi connectivity index (χ3v) is 28.4. The summed E-state index contributed by atoms with van der Waals surface area (Å²) in [5, 5.41) is 2.23. The van der Waals surface area contributed by atoms with Crippen molar-refractivity contribution in [1.29, 1.82) is 0 Å². The molecule has 19 rings (SSSR count). The van der Waals surface area contributed by atoms with Crippen LogP contribution in [0, 0.1) is 144 Å². The summed E-state index contributed by atoms with van der Waals surface area (Å²) in [6.07, 6.45) is 10.7. The SMILES string of the molecule is Cc1c(C)c(C)n2c(C)[n+]3c(c2c1C)-c1cc2c(cc1C3(C)C)-c1ccccc1C2(C)C.Cc1c(C)c(C)n2c(C)[n+]3c(c2c1C)-c1occc1C3(C)C.Cc1c(C)c(C)n2c(C)[n+]3c(c2c1C)-c1sccc1C3(C)C.Cc1c(C)c(C)n2c(C)[n+]3c(c2c1C)C1=C(C2C=CC=CC2O1)C3(C)C. The van der Waals surface area contributed by atoms with E-state index in [4.69, 9.17) is 9.15 Å². The number of fused-ring (bicyclic) bond motifs is 24. The minimum atomic E-state index is -0.0990. The third-order valence-electron chi connectivity index (χ3n) is 27.4. The normalized spacial score (nSPS) is 18.3. The second kappa shape index (κ2) is 21.7. The number of furan rings is 1. The van der Waals surface area contributed by atoms with Gasteiger partial charge in [-0.1, -0.05) is 56.3 Å². The van der Waals surface area contributed by atoms with Crippen LogP contribution >= 0.6 is 11.3 Å². The van der Waals surface area contributed by atoms with Gasteiger partial charge < -0.3 is 9.15 Å². The van der Waals surface area contributed by atoms with E-state index in [1.807, 2.05) is 17.6 Å². The zero-order chi connectivity index (χ0) is 73.4. The number of allylic oxidation sites excluding steroid dienone is 2. The Labute approximate surface area is 608 Å². The molecule has 0 bridgehead atoms. The second-order valence-corrected chi connectivity index (χ2v) is 34.7. The molecule has 102 heavy (non-hydrogen) atoms. The lowest BCUT2D eigenvalue weighted by Gasteiger charge is -2.27. The molecule has 0 amide bonds. The van der Waals surface area contributed by atoms with Crippen molar-refractivity contribution in [2.24, 2.45) is 5.92 Å². The van der Waals surface area contributed by atoms with E-state index in [-0.39, 0.29) is 33.7 Å². The molecule has 0 spiro atoms. The van der Waals surface area contributed by atoms with Gasteiger partial charge in [-0.25, -0.2) is 18.3 Å². The molecule has 0 N–H and O–H groups in total. The molecular weight excluding hydrogens is 1270 g/mol. The van der Waals surface area contributed by atoms with Crippen LogP contribution in [0.1, 0.15) is 216 Å². The molecular formula is C91H106N8O2S+4. The Kier molecular flexibility index (Phi) is 14.4. The molecule has 0 fully saturated rings. The van der Waals surface area contributed by atoms with Crippen molar-refractivity contribution >= 4 is 39.2 Å². The first kappa shape index (κ1) is 67.7. The summed E-state index contributed by atoms with van der Waals surface area (Å²) in [7, 11) is 0. The fraction of sp³-hybridized carbons (Fsp3) is 0.407. The predicted octanol–water partition coefficient (Wildman–Crippen LogP) is 19.9. The Morgan fingerprint density at radius 3 is 1.32 bits per heavy atom. The Bertz CT molecular complexity index is 5790. The van der Waals surface area contributed by atoms with Gasteiger partial charge >= 0.3 is 0 Å². The van der Waals surface area contributed by atoms with E-state index in [2.05, 4.69) is 322 Å². The van der Waals surface area contributed by atoms with Crippen LogP contribution in [0.25, 0.3) is 72.2 Å². The summed E-state index contributed by atoms with van der Waals surface area (Å²) in [5.41, 5.74) is 45.3. The quantitative estimate of drug-likeness (QED) is 0.142. The van der Waals surface area contributed by atoms with E-state index >= 15 is 0 Å². The van der Waals surface area contributed by atoms with Gasteiger partial charge in [-0.05, 0) is 269 Å². The van der Waals surface area contributed by atoms with Crippen molar-refractivity contribution in [1.82, 2.24) is 17.6 Å². The lowest BCUT2D eigenvalue weighted by Crippen LogP contribution is -2.55. The molecule has 0 saturated heterocycles. The van der Waals surface area contributed by atoms with Crippen molar-refractivity contribution < 1.29 is 27.4 Å². The van der Waals surface area contributed by atoms with Crippen LogP contribution in [-0.2, 0) is 32.3 Å². The minimum absolute atomic E-state index is 0.0145. The van der Waals surface area contributed by atoms with Gasteiger partial charge in [0, 0.05) is 89.1 Å². The number of hydrogen-bond donors (Lipinski definition) is 0. The molecule has 12 aromatic rings.